The second-order valence-corrected chi connectivity index (χ2v) is 3.97. The van der Waals surface area contributed by atoms with Gasteiger partial charge in [0.05, 0.1) is 18.3 Å². The quantitative estimate of drug-likeness (QED) is 0.709. The van der Waals surface area contributed by atoms with Gasteiger partial charge in [0.15, 0.2) is 6.61 Å². The fourth-order valence-electron chi connectivity index (χ4n) is 1.66. The van der Waals surface area contributed by atoms with Crippen molar-refractivity contribution in [3.8, 4) is 0 Å². The summed E-state index contributed by atoms with van der Waals surface area (Å²) in [6.45, 7) is 2.62. The number of carbonyl (C=O) groups is 3. The summed E-state index contributed by atoms with van der Waals surface area (Å²) in [6, 6.07) is 0. The zero-order valence-corrected chi connectivity index (χ0v) is 10.9. The van der Waals surface area contributed by atoms with Crippen molar-refractivity contribution in [3.63, 3.8) is 0 Å². The first-order valence-corrected chi connectivity index (χ1v) is 5.50. The molecule has 0 aromatic rings. The van der Waals surface area contributed by atoms with E-state index in [4.69, 9.17) is 5.11 Å². The molecule has 0 aromatic heterocycles. The number of nitrogens with one attached hydrogen (secondary N) is 1. The van der Waals surface area contributed by atoms with E-state index in [2.05, 4.69) is 14.8 Å². The maximum Gasteiger partial charge on any atom is 0.341 e. The van der Waals surface area contributed by atoms with E-state index in [-0.39, 0.29) is 12.0 Å². The maximum atomic E-state index is 11.7. The Labute approximate surface area is 109 Å². The van der Waals surface area contributed by atoms with E-state index in [1.165, 1.54) is 7.11 Å². The van der Waals surface area contributed by atoms with Crippen molar-refractivity contribution in [2.75, 3.05) is 13.7 Å². The smallest absolute Gasteiger partial charge is 0.341 e. The molecule has 0 aromatic carbocycles. The third kappa shape index (κ3) is 3.57. The monoisotopic (exact) mass is 269 g/mol. The van der Waals surface area contributed by atoms with Gasteiger partial charge in [0.25, 0.3) is 0 Å². The van der Waals surface area contributed by atoms with Crippen molar-refractivity contribution in [2.45, 2.75) is 20.3 Å². The molecule has 0 aliphatic carbocycles. The van der Waals surface area contributed by atoms with Crippen molar-refractivity contribution < 1.29 is 29.0 Å². The van der Waals surface area contributed by atoms with Crippen LogP contribution in [0.15, 0.2) is 22.5 Å². The molecule has 0 fully saturated rings. The Morgan fingerprint density at radius 2 is 1.68 bits per heavy atom. The molecule has 0 unspecified atom stereocenters. The van der Waals surface area contributed by atoms with Crippen molar-refractivity contribution in [1.82, 2.24) is 5.32 Å². The lowest BCUT2D eigenvalue weighted by atomic mass is 9.98. The summed E-state index contributed by atoms with van der Waals surface area (Å²) >= 11 is 0. The van der Waals surface area contributed by atoms with Crippen LogP contribution in [0.5, 0.6) is 0 Å². The molecule has 19 heavy (non-hydrogen) atoms. The molecule has 1 heterocycles. The van der Waals surface area contributed by atoms with Crippen LogP contribution in [0.3, 0.4) is 0 Å². The Kier molecular flexibility index (Phi) is 4.68. The van der Waals surface area contributed by atoms with Crippen LogP contribution in [-0.2, 0) is 23.9 Å². The highest BCUT2D eigenvalue weighted by molar-refractivity contribution is 5.97. The first kappa shape index (κ1) is 14.7. The van der Waals surface area contributed by atoms with Crippen molar-refractivity contribution >= 4 is 17.9 Å². The van der Waals surface area contributed by atoms with Gasteiger partial charge < -0.3 is 19.9 Å². The number of allylic oxidation sites excluding steroid dienone is 2. The Hall–Kier alpha value is -2.31. The minimum absolute atomic E-state index is 0.0514. The number of dihydropyridines is 1. The molecule has 7 heteroatoms. The molecule has 1 aliphatic rings. The van der Waals surface area contributed by atoms with Gasteiger partial charge in [0.1, 0.15) is 0 Å². The van der Waals surface area contributed by atoms with Crippen LogP contribution >= 0.6 is 0 Å². The summed E-state index contributed by atoms with van der Waals surface area (Å²) in [5, 5.41) is 11.3. The average Bonchev–Trinajstić information content (AvgIpc) is 2.35. The first-order valence-electron chi connectivity index (χ1n) is 5.50. The number of aliphatic carboxylic acids is 1. The highest BCUT2D eigenvalue weighted by Crippen LogP contribution is 2.24. The summed E-state index contributed by atoms with van der Waals surface area (Å²) in [5.74, 6) is -2.54. The highest BCUT2D eigenvalue weighted by Gasteiger charge is 2.26. The predicted octanol–water partition coefficient (Wildman–Crippen LogP) is 0.328. The standard InChI is InChI=1S/C12H15NO6/c1-6-8(11(16)18-3)4-9(7(2)13-6)12(17)19-5-10(14)15/h13H,4-5H2,1-3H3,(H,14,15). The van der Waals surface area contributed by atoms with Crippen molar-refractivity contribution in [3.05, 3.63) is 22.5 Å². The minimum atomic E-state index is -1.24. The van der Waals surface area contributed by atoms with Gasteiger partial charge in [0.2, 0.25) is 0 Å². The van der Waals surface area contributed by atoms with Gasteiger partial charge in [-0.3, -0.25) is 0 Å². The van der Waals surface area contributed by atoms with E-state index in [1.807, 2.05) is 0 Å². The third-order valence-corrected chi connectivity index (χ3v) is 2.64. The summed E-state index contributed by atoms with van der Waals surface area (Å²) in [5.41, 5.74) is 1.65. The number of methoxy groups -OCH3 is 1. The van der Waals surface area contributed by atoms with Gasteiger partial charge in [-0.25, -0.2) is 14.4 Å². The molecular weight excluding hydrogens is 254 g/mol. The van der Waals surface area contributed by atoms with Crippen LogP contribution in [0.4, 0.5) is 0 Å². The van der Waals surface area contributed by atoms with E-state index >= 15 is 0 Å². The molecule has 0 saturated carbocycles. The molecular formula is C12H15NO6. The SMILES string of the molecule is COC(=O)C1=C(C)NC(C)=C(C(=O)OCC(=O)O)C1. The second kappa shape index (κ2) is 6.03. The number of carboxylic acid groups (broad SMARTS) is 1. The molecule has 0 bridgehead atoms. The molecule has 0 radical (unpaired) electrons. The Bertz CT molecular complexity index is 488. The minimum Gasteiger partial charge on any atom is -0.479 e. The normalized spacial score (nSPS) is 14.9. The molecule has 104 valence electrons. The number of carbonyl (C=O) groups excluding carboxylic acids is 2. The Morgan fingerprint density at radius 3 is 2.16 bits per heavy atom. The molecule has 0 spiro atoms. The summed E-state index contributed by atoms with van der Waals surface area (Å²) < 4.78 is 9.22. The molecule has 0 atom stereocenters. The number of hydrogen-bond donors (Lipinski definition) is 2. The van der Waals surface area contributed by atoms with Crippen LogP contribution in [0.2, 0.25) is 0 Å². The van der Waals surface area contributed by atoms with Crippen molar-refractivity contribution in [2.24, 2.45) is 0 Å². The number of ether oxygens (including phenoxy) is 2. The van der Waals surface area contributed by atoms with E-state index in [0.717, 1.165) is 0 Å². The van der Waals surface area contributed by atoms with Crippen molar-refractivity contribution in [1.29, 1.82) is 0 Å². The van der Waals surface area contributed by atoms with E-state index in [0.29, 0.717) is 17.0 Å². The topological polar surface area (TPSA) is 102 Å². The lowest BCUT2D eigenvalue weighted by Gasteiger charge is -2.21. The summed E-state index contributed by atoms with van der Waals surface area (Å²) in [4.78, 5) is 33.6. The zero-order valence-electron chi connectivity index (χ0n) is 10.9. The number of rotatable bonds is 4. The molecule has 0 amide bonds. The van der Waals surface area contributed by atoms with Crippen LogP contribution < -0.4 is 5.32 Å². The summed E-state index contributed by atoms with van der Waals surface area (Å²) in [6.07, 6.45) is 0.0514. The Morgan fingerprint density at radius 1 is 1.16 bits per heavy atom. The van der Waals surface area contributed by atoms with Gasteiger partial charge in [-0.05, 0) is 13.8 Å². The van der Waals surface area contributed by atoms with Gasteiger partial charge >= 0.3 is 17.9 Å². The van der Waals surface area contributed by atoms with E-state index in [9.17, 15) is 14.4 Å². The van der Waals surface area contributed by atoms with Gasteiger partial charge in [-0.15, -0.1) is 0 Å². The second-order valence-electron chi connectivity index (χ2n) is 3.97. The molecule has 2 N–H and O–H groups in total. The largest absolute Gasteiger partial charge is 0.479 e. The lowest BCUT2D eigenvalue weighted by Crippen LogP contribution is -2.27. The molecule has 1 aliphatic heterocycles. The number of esters is 2. The predicted molar refractivity (Wildman–Crippen MR) is 63.8 cm³/mol. The van der Waals surface area contributed by atoms with Crippen LogP contribution in [0.25, 0.3) is 0 Å². The third-order valence-electron chi connectivity index (χ3n) is 2.64. The molecule has 0 saturated heterocycles. The Balaban J connectivity index is 2.85. The number of carboxylic acids is 1. The molecule has 7 nitrogen and oxygen atoms in total. The fourth-order valence-corrected chi connectivity index (χ4v) is 1.66. The average molecular weight is 269 g/mol. The van der Waals surface area contributed by atoms with Gasteiger partial charge in [-0.2, -0.15) is 0 Å². The summed E-state index contributed by atoms with van der Waals surface area (Å²) in [7, 11) is 1.25. The molecule has 1 rings (SSSR count). The fraction of sp³-hybridized carbons (Fsp3) is 0.417. The van der Waals surface area contributed by atoms with Gasteiger partial charge in [-0.1, -0.05) is 0 Å². The van der Waals surface area contributed by atoms with E-state index < -0.39 is 24.5 Å². The number of hydrogen-bond acceptors (Lipinski definition) is 6. The maximum absolute atomic E-state index is 11.7. The van der Waals surface area contributed by atoms with Crippen LogP contribution in [0.1, 0.15) is 20.3 Å². The van der Waals surface area contributed by atoms with Gasteiger partial charge in [0, 0.05) is 17.8 Å². The van der Waals surface area contributed by atoms with Crippen LogP contribution in [0, 0.1) is 0 Å². The highest BCUT2D eigenvalue weighted by atomic mass is 16.5. The lowest BCUT2D eigenvalue weighted by molar-refractivity contribution is -0.152. The zero-order chi connectivity index (χ0) is 14.6. The van der Waals surface area contributed by atoms with Crippen LogP contribution in [-0.4, -0.2) is 36.7 Å². The first-order chi connectivity index (χ1) is 8.86. The van der Waals surface area contributed by atoms with E-state index in [1.54, 1.807) is 13.8 Å².